The molecule has 10 heteroatoms. The molecule has 0 saturated carbocycles. The summed E-state index contributed by atoms with van der Waals surface area (Å²) in [5.41, 5.74) is -2.43. The Kier molecular flexibility index (Phi) is 5.39. The monoisotopic (exact) mass is 325 g/mol. The molecule has 0 aliphatic carbocycles. The predicted octanol–water partition coefficient (Wildman–Crippen LogP) is -5.17. The maximum absolute atomic E-state index is 10.5. The van der Waals surface area contributed by atoms with Gasteiger partial charge >= 0.3 is 0 Å². The highest BCUT2D eigenvalue weighted by molar-refractivity contribution is 5.12. The molecule has 0 aromatic rings. The lowest BCUT2D eigenvalue weighted by molar-refractivity contribution is -0.308. The highest BCUT2D eigenvalue weighted by Crippen LogP contribution is 2.37. The molecule has 9 atom stereocenters. The van der Waals surface area contributed by atoms with Crippen LogP contribution in [0.15, 0.2) is 0 Å². The second-order valence-electron chi connectivity index (χ2n) is 5.55. The average Bonchev–Trinajstić information content (AvgIpc) is 2.51. The van der Waals surface area contributed by atoms with Gasteiger partial charge in [-0.25, -0.2) is 0 Å². The van der Waals surface area contributed by atoms with Crippen LogP contribution in [0, 0.1) is 6.61 Å². The third-order valence-electron chi connectivity index (χ3n) is 4.14. The molecule has 129 valence electrons. The van der Waals surface area contributed by atoms with Crippen LogP contribution >= 0.6 is 0 Å². The molecule has 2 heterocycles. The summed E-state index contributed by atoms with van der Waals surface area (Å²) in [5, 5.41) is 77.9. The summed E-state index contributed by atoms with van der Waals surface area (Å²) in [6.45, 7) is -0.645. The van der Waals surface area contributed by atoms with Crippen molar-refractivity contribution in [1.29, 1.82) is 0 Å². The highest BCUT2D eigenvalue weighted by atomic mass is 16.6. The topological polar surface area (TPSA) is 180 Å². The van der Waals surface area contributed by atoms with Gasteiger partial charge in [-0.15, -0.1) is 0 Å². The summed E-state index contributed by atoms with van der Waals surface area (Å²) in [7, 11) is 0. The van der Waals surface area contributed by atoms with E-state index in [9.17, 15) is 30.6 Å². The Morgan fingerprint density at radius 2 is 1.41 bits per heavy atom. The molecule has 0 bridgehead atoms. The Morgan fingerprint density at radius 1 is 0.818 bits per heavy atom. The molecule has 2 aliphatic heterocycles. The van der Waals surface area contributed by atoms with E-state index in [1.165, 1.54) is 0 Å². The minimum Gasteiger partial charge on any atom is -0.394 e. The zero-order valence-corrected chi connectivity index (χ0v) is 11.5. The zero-order chi connectivity index (χ0) is 16.7. The van der Waals surface area contributed by atoms with Crippen LogP contribution in [0.1, 0.15) is 0 Å². The van der Waals surface area contributed by atoms with E-state index in [2.05, 4.69) is 0 Å². The summed E-state index contributed by atoms with van der Waals surface area (Å²) >= 11 is 0. The summed E-state index contributed by atoms with van der Waals surface area (Å²) in [4.78, 5) is 0. The van der Waals surface area contributed by atoms with Crippen molar-refractivity contribution in [3.05, 3.63) is 6.61 Å². The van der Waals surface area contributed by atoms with Gasteiger partial charge in [-0.2, -0.15) is 0 Å². The fourth-order valence-corrected chi connectivity index (χ4v) is 2.69. The van der Waals surface area contributed by atoms with Crippen molar-refractivity contribution in [2.24, 2.45) is 0 Å². The Hall–Kier alpha value is -0.400. The SMILES string of the molecule is OC[C@H]1O[CH][C@](O)([C@@H]2O[C@H](CO)[C@@H](O)[C@H](O)[C@@H]2O)[C@@H](O)[C@@H]1O. The average molecular weight is 325 g/mol. The second-order valence-corrected chi connectivity index (χ2v) is 5.55. The Bertz CT molecular complexity index is 379. The van der Waals surface area contributed by atoms with Crippen molar-refractivity contribution < 1.29 is 50.3 Å². The highest BCUT2D eigenvalue weighted by Gasteiger charge is 2.60. The molecule has 10 nitrogen and oxygen atoms in total. The van der Waals surface area contributed by atoms with Gasteiger partial charge in [-0.3, -0.25) is 0 Å². The lowest BCUT2D eigenvalue weighted by Crippen LogP contribution is -2.72. The second kappa shape index (κ2) is 6.61. The number of ether oxygens (including phenoxy) is 2. The molecule has 2 rings (SSSR count). The summed E-state index contributed by atoms with van der Waals surface area (Å²) in [6.07, 6.45) is -13.0. The van der Waals surface area contributed by atoms with Gasteiger partial charge in [0.25, 0.3) is 0 Å². The first-order valence-corrected chi connectivity index (χ1v) is 6.77. The number of aliphatic hydroxyl groups excluding tert-OH is 7. The van der Waals surface area contributed by atoms with Crippen LogP contribution in [-0.4, -0.2) is 108 Å². The van der Waals surface area contributed by atoms with Crippen LogP contribution in [0.4, 0.5) is 0 Å². The van der Waals surface area contributed by atoms with Crippen LogP contribution < -0.4 is 0 Å². The zero-order valence-electron chi connectivity index (χ0n) is 11.5. The van der Waals surface area contributed by atoms with Crippen LogP contribution in [-0.2, 0) is 9.47 Å². The first-order valence-electron chi connectivity index (χ1n) is 6.77. The van der Waals surface area contributed by atoms with E-state index in [1.807, 2.05) is 0 Å². The van der Waals surface area contributed by atoms with Gasteiger partial charge < -0.3 is 50.3 Å². The van der Waals surface area contributed by atoms with Crippen molar-refractivity contribution in [1.82, 2.24) is 0 Å². The maximum Gasteiger partial charge on any atom is 0.150 e. The van der Waals surface area contributed by atoms with E-state index in [0.29, 0.717) is 6.61 Å². The molecule has 0 spiro atoms. The number of hydrogen-bond donors (Lipinski definition) is 8. The minimum atomic E-state index is -2.43. The van der Waals surface area contributed by atoms with Crippen LogP contribution in [0.2, 0.25) is 0 Å². The summed E-state index contributed by atoms with van der Waals surface area (Å²) < 4.78 is 10.1. The van der Waals surface area contributed by atoms with Crippen molar-refractivity contribution >= 4 is 0 Å². The van der Waals surface area contributed by atoms with Crippen molar-refractivity contribution in [3.8, 4) is 0 Å². The molecule has 2 saturated heterocycles. The largest absolute Gasteiger partial charge is 0.394 e. The summed E-state index contributed by atoms with van der Waals surface area (Å²) in [5.74, 6) is 0. The van der Waals surface area contributed by atoms with E-state index in [1.54, 1.807) is 0 Å². The Labute approximate surface area is 125 Å². The molecule has 0 amide bonds. The lowest BCUT2D eigenvalue weighted by atomic mass is 9.78. The Morgan fingerprint density at radius 3 is 1.95 bits per heavy atom. The number of aliphatic hydroxyl groups is 8. The molecule has 1 radical (unpaired) electrons. The molecule has 0 aromatic heterocycles. The van der Waals surface area contributed by atoms with Gasteiger partial charge in [0.2, 0.25) is 0 Å². The predicted molar refractivity (Wildman–Crippen MR) is 67.0 cm³/mol. The van der Waals surface area contributed by atoms with E-state index < -0.39 is 67.6 Å². The number of hydrogen-bond acceptors (Lipinski definition) is 10. The third-order valence-corrected chi connectivity index (χ3v) is 4.14. The first-order chi connectivity index (χ1) is 10.3. The van der Waals surface area contributed by atoms with Crippen molar-refractivity contribution in [2.45, 2.75) is 54.4 Å². The first kappa shape index (κ1) is 17.9. The van der Waals surface area contributed by atoms with Crippen LogP contribution in [0.25, 0.3) is 0 Å². The lowest BCUT2D eigenvalue weighted by Gasteiger charge is -2.51. The molecular formula is C12H21O10. The maximum atomic E-state index is 10.5. The van der Waals surface area contributed by atoms with Gasteiger partial charge in [-0.1, -0.05) is 0 Å². The number of rotatable bonds is 3. The normalized spacial score (nSPS) is 53.5. The molecular weight excluding hydrogens is 304 g/mol. The van der Waals surface area contributed by atoms with Crippen LogP contribution in [0.3, 0.4) is 0 Å². The standard InChI is InChI=1S/C12H21O10/c13-1-4-7(16)10(19)12(20,3-21-4)11-9(18)8(17)6(15)5(2-14)22-11/h3-11,13-20H,1-2H2/t4-,5-,6-,7-,8+,9+,10+,11-,12-/m1/s1. The van der Waals surface area contributed by atoms with Gasteiger partial charge in [0, 0.05) is 0 Å². The van der Waals surface area contributed by atoms with Gasteiger partial charge in [0.15, 0.2) is 5.60 Å². The van der Waals surface area contributed by atoms with Crippen LogP contribution in [0.5, 0.6) is 0 Å². The smallest absolute Gasteiger partial charge is 0.150 e. The summed E-state index contributed by atoms with van der Waals surface area (Å²) in [6, 6.07) is 0. The third kappa shape index (κ3) is 2.76. The van der Waals surface area contributed by atoms with Gasteiger partial charge in [0.1, 0.15) is 55.4 Å². The van der Waals surface area contributed by atoms with E-state index in [0.717, 1.165) is 0 Å². The quantitative estimate of drug-likeness (QED) is 0.250. The molecule has 0 aromatic carbocycles. The van der Waals surface area contributed by atoms with E-state index in [-0.39, 0.29) is 0 Å². The Balaban J connectivity index is 2.24. The minimum absolute atomic E-state index is 0.626. The van der Waals surface area contributed by atoms with E-state index in [4.69, 9.17) is 19.7 Å². The molecule has 2 aliphatic rings. The fourth-order valence-electron chi connectivity index (χ4n) is 2.69. The van der Waals surface area contributed by atoms with Gasteiger partial charge in [0.05, 0.1) is 13.2 Å². The van der Waals surface area contributed by atoms with E-state index >= 15 is 0 Å². The van der Waals surface area contributed by atoms with Crippen molar-refractivity contribution in [3.63, 3.8) is 0 Å². The fraction of sp³-hybridized carbons (Fsp3) is 0.917. The molecule has 22 heavy (non-hydrogen) atoms. The molecule has 2 fully saturated rings. The van der Waals surface area contributed by atoms with Gasteiger partial charge in [-0.05, 0) is 0 Å². The molecule has 0 unspecified atom stereocenters. The van der Waals surface area contributed by atoms with Crippen molar-refractivity contribution in [2.75, 3.05) is 13.2 Å². The molecule has 8 N–H and O–H groups in total.